The molecule has 0 fully saturated rings. The molecule has 0 aliphatic rings. The number of alkyl halides is 3. The fourth-order valence-electron chi connectivity index (χ4n) is 2.02. The van der Waals surface area contributed by atoms with Crippen molar-refractivity contribution in [2.75, 3.05) is 0 Å². The molecule has 1 aromatic rings. The van der Waals surface area contributed by atoms with Crippen molar-refractivity contribution in [3.05, 3.63) is 35.4 Å². The second kappa shape index (κ2) is 7.63. The minimum Gasteiger partial charge on any atom is -0.368 e. The molecule has 0 heterocycles. The normalized spacial score (nSPS) is 13.7. The van der Waals surface area contributed by atoms with Gasteiger partial charge in [-0.15, -0.1) is 0 Å². The Bertz CT molecular complexity index is 623. The maximum Gasteiger partial charge on any atom is 0.416 e. The monoisotopic (exact) mass is 327 g/mol. The van der Waals surface area contributed by atoms with Crippen LogP contribution in [-0.4, -0.2) is 17.9 Å². The highest BCUT2D eigenvalue weighted by molar-refractivity contribution is 5.87. The average molecular weight is 327 g/mol. The molecule has 0 aliphatic heterocycles. The molecular weight excluding hydrogens is 311 g/mol. The van der Waals surface area contributed by atoms with E-state index in [4.69, 9.17) is 11.0 Å². The summed E-state index contributed by atoms with van der Waals surface area (Å²) in [6.45, 7) is 1.57. The number of nitrogens with two attached hydrogens (primary N) is 1. The van der Waals surface area contributed by atoms with Gasteiger partial charge < -0.3 is 11.1 Å². The molecule has 0 aromatic heterocycles. The zero-order valence-electron chi connectivity index (χ0n) is 12.4. The quantitative estimate of drug-likeness (QED) is 0.833. The first-order chi connectivity index (χ1) is 10.6. The predicted molar refractivity (Wildman–Crippen MR) is 75.7 cm³/mol. The Labute approximate surface area is 131 Å². The molecule has 0 saturated heterocycles. The number of primary amides is 1. The van der Waals surface area contributed by atoms with Gasteiger partial charge in [-0.2, -0.15) is 18.4 Å². The van der Waals surface area contributed by atoms with Crippen LogP contribution in [0.1, 0.15) is 24.5 Å². The molecule has 0 aliphatic carbocycles. The largest absolute Gasteiger partial charge is 0.416 e. The van der Waals surface area contributed by atoms with E-state index >= 15 is 0 Å². The Morgan fingerprint density at radius 3 is 2.57 bits per heavy atom. The van der Waals surface area contributed by atoms with Gasteiger partial charge >= 0.3 is 6.18 Å². The third-order valence-electron chi connectivity index (χ3n) is 3.22. The van der Waals surface area contributed by atoms with Gasteiger partial charge in [-0.25, -0.2) is 0 Å². The average Bonchev–Trinajstić information content (AvgIpc) is 2.44. The summed E-state index contributed by atoms with van der Waals surface area (Å²) in [5.74, 6) is -1.94. The molecule has 1 aromatic carbocycles. The second-order valence-electron chi connectivity index (χ2n) is 5.16. The van der Waals surface area contributed by atoms with Crippen LogP contribution in [0.3, 0.4) is 0 Å². The lowest BCUT2D eigenvalue weighted by Gasteiger charge is -2.20. The van der Waals surface area contributed by atoms with Crippen LogP contribution in [0.15, 0.2) is 24.3 Å². The molecule has 1 rings (SSSR count). The van der Waals surface area contributed by atoms with E-state index < -0.39 is 35.5 Å². The number of hydrogen-bond acceptors (Lipinski definition) is 3. The molecule has 2 amide bonds. The number of nitrogens with zero attached hydrogens (tertiary/aromatic N) is 1. The molecule has 2 atom stereocenters. The minimum atomic E-state index is -4.50. The van der Waals surface area contributed by atoms with Gasteiger partial charge in [0.25, 0.3) is 0 Å². The SMILES string of the molecule is C[C@@H](CC#N)[C@H](NC(=O)Cc1cccc(C(F)(F)F)c1)C(N)=O. The molecule has 23 heavy (non-hydrogen) atoms. The smallest absolute Gasteiger partial charge is 0.368 e. The van der Waals surface area contributed by atoms with E-state index in [9.17, 15) is 22.8 Å². The number of rotatable bonds is 6. The summed E-state index contributed by atoms with van der Waals surface area (Å²) in [7, 11) is 0. The van der Waals surface area contributed by atoms with E-state index in [2.05, 4.69) is 5.32 Å². The molecule has 0 bridgehead atoms. The summed E-state index contributed by atoms with van der Waals surface area (Å²) in [6, 6.07) is 5.18. The van der Waals surface area contributed by atoms with Crippen molar-refractivity contribution < 1.29 is 22.8 Å². The van der Waals surface area contributed by atoms with Crippen LogP contribution in [0.2, 0.25) is 0 Å². The van der Waals surface area contributed by atoms with E-state index in [1.165, 1.54) is 12.1 Å². The van der Waals surface area contributed by atoms with E-state index in [1.54, 1.807) is 6.92 Å². The van der Waals surface area contributed by atoms with Crippen LogP contribution in [0.5, 0.6) is 0 Å². The maximum absolute atomic E-state index is 12.6. The molecule has 0 radical (unpaired) electrons. The van der Waals surface area contributed by atoms with Gasteiger partial charge in [0, 0.05) is 6.42 Å². The van der Waals surface area contributed by atoms with Crippen LogP contribution >= 0.6 is 0 Å². The number of benzene rings is 1. The van der Waals surface area contributed by atoms with Crippen LogP contribution < -0.4 is 11.1 Å². The van der Waals surface area contributed by atoms with Crippen molar-refractivity contribution in [2.24, 2.45) is 11.7 Å². The van der Waals surface area contributed by atoms with Crippen LogP contribution in [0, 0.1) is 17.2 Å². The van der Waals surface area contributed by atoms with E-state index in [1.807, 2.05) is 6.07 Å². The lowest BCUT2D eigenvalue weighted by molar-refractivity contribution is -0.137. The van der Waals surface area contributed by atoms with E-state index in [-0.39, 0.29) is 18.4 Å². The molecule has 0 saturated carbocycles. The van der Waals surface area contributed by atoms with Crippen molar-refractivity contribution in [1.29, 1.82) is 5.26 Å². The number of amides is 2. The van der Waals surface area contributed by atoms with Gasteiger partial charge in [-0.05, 0) is 17.5 Å². The van der Waals surface area contributed by atoms with Gasteiger partial charge in [-0.1, -0.05) is 25.1 Å². The summed E-state index contributed by atoms with van der Waals surface area (Å²) in [6.07, 6.45) is -4.81. The number of halogens is 3. The van der Waals surface area contributed by atoms with Crippen molar-refractivity contribution in [3.63, 3.8) is 0 Å². The number of carbonyl (C=O) groups excluding carboxylic acids is 2. The molecule has 3 N–H and O–H groups in total. The Morgan fingerprint density at radius 2 is 2.04 bits per heavy atom. The van der Waals surface area contributed by atoms with Crippen LogP contribution in [0.25, 0.3) is 0 Å². The number of hydrogen-bond donors (Lipinski definition) is 2. The third kappa shape index (κ3) is 5.62. The molecule has 124 valence electrons. The Hall–Kier alpha value is -2.56. The number of nitrogens with one attached hydrogen (secondary N) is 1. The number of nitriles is 1. The van der Waals surface area contributed by atoms with Crippen LogP contribution in [-0.2, 0) is 22.2 Å². The summed E-state index contributed by atoms with van der Waals surface area (Å²) in [5, 5.41) is 11.0. The fourth-order valence-corrected chi connectivity index (χ4v) is 2.02. The van der Waals surface area contributed by atoms with Crippen molar-refractivity contribution in [3.8, 4) is 6.07 Å². The topological polar surface area (TPSA) is 96.0 Å². The Kier molecular flexibility index (Phi) is 6.13. The highest BCUT2D eigenvalue weighted by Gasteiger charge is 2.30. The predicted octanol–water partition coefficient (Wildman–Crippen LogP) is 1.77. The van der Waals surface area contributed by atoms with E-state index in [0.717, 1.165) is 12.1 Å². The van der Waals surface area contributed by atoms with Gasteiger partial charge in [0.1, 0.15) is 6.04 Å². The van der Waals surface area contributed by atoms with Crippen LogP contribution in [0.4, 0.5) is 13.2 Å². The van der Waals surface area contributed by atoms with Crippen molar-refractivity contribution in [1.82, 2.24) is 5.32 Å². The lowest BCUT2D eigenvalue weighted by Crippen LogP contribution is -2.48. The van der Waals surface area contributed by atoms with Gasteiger partial charge in [-0.3, -0.25) is 9.59 Å². The summed E-state index contributed by atoms with van der Waals surface area (Å²) < 4.78 is 37.9. The standard InChI is InChI=1S/C15H16F3N3O2/c1-9(5-6-19)13(14(20)23)21-12(22)8-10-3-2-4-11(7-10)15(16,17)18/h2-4,7,9,13H,5,8H2,1H3,(H2,20,23)(H,21,22)/t9-,13-/m0/s1. The Balaban J connectivity index is 2.79. The van der Waals surface area contributed by atoms with Crippen molar-refractivity contribution >= 4 is 11.8 Å². The maximum atomic E-state index is 12.6. The van der Waals surface area contributed by atoms with Gasteiger partial charge in [0.05, 0.1) is 18.1 Å². The molecule has 5 nitrogen and oxygen atoms in total. The van der Waals surface area contributed by atoms with Gasteiger partial charge in [0.2, 0.25) is 11.8 Å². The second-order valence-corrected chi connectivity index (χ2v) is 5.16. The molecule has 8 heteroatoms. The molecular formula is C15H16F3N3O2. The lowest BCUT2D eigenvalue weighted by atomic mass is 9.98. The zero-order chi connectivity index (χ0) is 17.6. The summed E-state index contributed by atoms with van der Waals surface area (Å²) in [5.41, 5.74) is 4.49. The first kappa shape index (κ1) is 18.5. The third-order valence-corrected chi connectivity index (χ3v) is 3.22. The highest BCUT2D eigenvalue weighted by atomic mass is 19.4. The minimum absolute atomic E-state index is 0.0114. The zero-order valence-corrected chi connectivity index (χ0v) is 12.4. The molecule has 0 spiro atoms. The first-order valence-corrected chi connectivity index (χ1v) is 6.77. The molecule has 0 unspecified atom stereocenters. The summed E-state index contributed by atoms with van der Waals surface area (Å²) in [4.78, 5) is 23.3. The summed E-state index contributed by atoms with van der Waals surface area (Å²) >= 11 is 0. The van der Waals surface area contributed by atoms with E-state index in [0.29, 0.717) is 0 Å². The van der Waals surface area contributed by atoms with Crippen molar-refractivity contribution in [2.45, 2.75) is 32.0 Å². The fraction of sp³-hybridized carbons (Fsp3) is 0.400. The Morgan fingerprint density at radius 1 is 1.39 bits per heavy atom. The highest BCUT2D eigenvalue weighted by Crippen LogP contribution is 2.29. The van der Waals surface area contributed by atoms with Gasteiger partial charge in [0.15, 0.2) is 0 Å². The number of carbonyl (C=O) groups is 2. The first-order valence-electron chi connectivity index (χ1n) is 6.77.